The fraction of sp³-hybridized carbons (Fsp3) is 0.211. The second-order valence-corrected chi connectivity index (χ2v) is 5.96. The number of hydrogen-bond acceptors (Lipinski definition) is 6. The molecule has 0 spiro atoms. The SMILES string of the molecule is COc1cc(C2NC(=O)c3nc4ccccc4c(=O)n32)cc(OC)c1OC. The van der Waals surface area contributed by atoms with Crippen molar-refractivity contribution in [3.63, 3.8) is 0 Å². The van der Waals surface area contributed by atoms with Crippen molar-refractivity contribution < 1.29 is 19.0 Å². The Balaban J connectivity index is 1.95. The van der Waals surface area contributed by atoms with Gasteiger partial charge in [-0.25, -0.2) is 4.98 Å². The van der Waals surface area contributed by atoms with Crippen molar-refractivity contribution in [1.29, 1.82) is 0 Å². The number of carbonyl (C=O) groups is 1. The Kier molecular flexibility index (Phi) is 3.95. The zero-order chi connectivity index (χ0) is 19.1. The molecule has 1 aliphatic heterocycles. The summed E-state index contributed by atoms with van der Waals surface area (Å²) in [5.74, 6) is 0.930. The maximum Gasteiger partial charge on any atom is 0.289 e. The van der Waals surface area contributed by atoms with Gasteiger partial charge < -0.3 is 19.5 Å². The number of carbonyl (C=O) groups excluding carboxylic acids is 1. The van der Waals surface area contributed by atoms with Crippen LogP contribution in [0.2, 0.25) is 0 Å². The van der Waals surface area contributed by atoms with E-state index in [-0.39, 0.29) is 11.4 Å². The van der Waals surface area contributed by atoms with Gasteiger partial charge >= 0.3 is 0 Å². The summed E-state index contributed by atoms with van der Waals surface area (Å²) in [5.41, 5.74) is 0.790. The smallest absolute Gasteiger partial charge is 0.289 e. The van der Waals surface area contributed by atoms with E-state index in [0.717, 1.165) is 0 Å². The maximum atomic E-state index is 13.0. The Labute approximate surface area is 154 Å². The summed E-state index contributed by atoms with van der Waals surface area (Å²) in [6, 6.07) is 10.3. The van der Waals surface area contributed by atoms with Crippen molar-refractivity contribution in [2.45, 2.75) is 6.17 Å². The molecule has 1 unspecified atom stereocenters. The number of rotatable bonds is 4. The van der Waals surface area contributed by atoms with Crippen molar-refractivity contribution in [3.8, 4) is 17.2 Å². The third-order valence-electron chi connectivity index (χ3n) is 4.54. The number of methoxy groups -OCH3 is 3. The number of ether oxygens (including phenoxy) is 3. The van der Waals surface area contributed by atoms with Crippen molar-refractivity contribution in [3.05, 3.63) is 58.1 Å². The topological polar surface area (TPSA) is 91.7 Å². The van der Waals surface area contributed by atoms with Crippen molar-refractivity contribution >= 4 is 16.8 Å². The molecular formula is C19H17N3O5. The number of nitrogens with zero attached hydrogens (tertiary/aromatic N) is 2. The van der Waals surface area contributed by atoms with Crippen LogP contribution < -0.4 is 25.1 Å². The minimum Gasteiger partial charge on any atom is -0.493 e. The molecule has 1 N–H and O–H groups in total. The van der Waals surface area contributed by atoms with E-state index in [1.165, 1.54) is 25.9 Å². The Morgan fingerprint density at radius 2 is 1.67 bits per heavy atom. The predicted octanol–water partition coefficient (Wildman–Crippen LogP) is 1.71. The molecule has 1 amide bonds. The molecule has 0 bridgehead atoms. The van der Waals surface area contributed by atoms with Crippen molar-refractivity contribution in [2.24, 2.45) is 0 Å². The molecule has 1 atom stereocenters. The van der Waals surface area contributed by atoms with Gasteiger partial charge in [-0.05, 0) is 24.3 Å². The van der Waals surface area contributed by atoms with Gasteiger partial charge in [0.25, 0.3) is 11.5 Å². The van der Waals surface area contributed by atoms with Gasteiger partial charge in [-0.3, -0.25) is 14.2 Å². The van der Waals surface area contributed by atoms with Crippen LogP contribution in [0, 0.1) is 0 Å². The van der Waals surface area contributed by atoms with E-state index >= 15 is 0 Å². The Bertz CT molecular complexity index is 1100. The molecule has 0 saturated carbocycles. The third-order valence-corrected chi connectivity index (χ3v) is 4.54. The molecule has 0 saturated heterocycles. The summed E-state index contributed by atoms with van der Waals surface area (Å²) in [7, 11) is 4.51. The second-order valence-electron chi connectivity index (χ2n) is 5.96. The lowest BCUT2D eigenvalue weighted by Crippen LogP contribution is -2.29. The second kappa shape index (κ2) is 6.31. The number of para-hydroxylation sites is 1. The molecular weight excluding hydrogens is 350 g/mol. The van der Waals surface area contributed by atoms with E-state index < -0.39 is 12.1 Å². The monoisotopic (exact) mass is 367 g/mol. The highest BCUT2D eigenvalue weighted by Gasteiger charge is 2.34. The summed E-state index contributed by atoms with van der Waals surface area (Å²) in [5, 5.41) is 3.24. The van der Waals surface area contributed by atoms with Gasteiger partial charge in [0.2, 0.25) is 11.6 Å². The lowest BCUT2D eigenvalue weighted by molar-refractivity contribution is 0.0956. The van der Waals surface area contributed by atoms with E-state index in [4.69, 9.17) is 14.2 Å². The Morgan fingerprint density at radius 3 is 2.30 bits per heavy atom. The first kappa shape index (κ1) is 16.9. The molecule has 2 heterocycles. The average Bonchev–Trinajstić information content (AvgIpc) is 3.03. The van der Waals surface area contributed by atoms with E-state index in [1.807, 2.05) is 0 Å². The van der Waals surface area contributed by atoms with Crippen LogP contribution in [-0.2, 0) is 0 Å². The van der Waals surface area contributed by atoms with Crippen LogP contribution >= 0.6 is 0 Å². The molecule has 4 rings (SSSR count). The average molecular weight is 367 g/mol. The molecule has 0 fully saturated rings. The molecule has 138 valence electrons. The van der Waals surface area contributed by atoms with Crippen LogP contribution in [0.5, 0.6) is 17.2 Å². The van der Waals surface area contributed by atoms with E-state index in [9.17, 15) is 9.59 Å². The molecule has 8 heteroatoms. The number of amides is 1. The van der Waals surface area contributed by atoms with Gasteiger partial charge in [-0.15, -0.1) is 0 Å². The van der Waals surface area contributed by atoms with Crippen LogP contribution in [0.1, 0.15) is 22.3 Å². The largest absolute Gasteiger partial charge is 0.493 e. The van der Waals surface area contributed by atoms with Gasteiger partial charge in [0.05, 0.1) is 32.2 Å². The number of fused-ring (bicyclic) bond motifs is 2. The van der Waals surface area contributed by atoms with Gasteiger partial charge in [0.1, 0.15) is 6.17 Å². The lowest BCUT2D eigenvalue weighted by atomic mass is 10.1. The van der Waals surface area contributed by atoms with E-state index in [2.05, 4.69) is 10.3 Å². The van der Waals surface area contributed by atoms with Crippen molar-refractivity contribution in [1.82, 2.24) is 14.9 Å². The van der Waals surface area contributed by atoms with Gasteiger partial charge in [0, 0.05) is 5.56 Å². The standard InChI is InChI=1S/C19H17N3O5/c1-25-13-8-10(9-14(26-2)15(13)27-3)16-21-18(23)17-20-12-7-5-4-6-11(12)19(24)22(16)17/h4-9,16H,1-3H3,(H,21,23). The Hall–Kier alpha value is -3.55. The summed E-state index contributed by atoms with van der Waals surface area (Å²) in [4.78, 5) is 29.8. The third kappa shape index (κ3) is 2.49. The van der Waals surface area contributed by atoms with Crippen LogP contribution in [0.3, 0.4) is 0 Å². The highest BCUT2D eigenvalue weighted by atomic mass is 16.5. The first-order valence-electron chi connectivity index (χ1n) is 8.21. The lowest BCUT2D eigenvalue weighted by Gasteiger charge is -2.19. The number of benzene rings is 2. The van der Waals surface area contributed by atoms with Crippen LogP contribution in [0.25, 0.3) is 10.9 Å². The first-order chi connectivity index (χ1) is 13.1. The van der Waals surface area contributed by atoms with Gasteiger partial charge in [-0.2, -0.15) is 0 Å². The summed E-state index contributed by atoms with van der Waals surface area (Å²) < 4.78 is 17.4. The molecule has 8 nitrogen and oxygen atoms in total. The highest BCUT2D eigenvalue weighted by molar-refractivity contribution is 5.95. The zero-order valence-corrected chi connectivity index (χ0v) is 15.0. The van der Waals surface area contributed by atoms with Crippen LogP contribution in [0.15, 0.2) is 41.2 Å². The van der Waals surface area contributed by atoms with E-state index in [1.54, 1.807) is 36.4 Å². The number of hydrogen-bond donors (Lipinski definition) is 1. The predicted molar refractivity (Wildman–Crippen MR) is 97.7 cm³/mol. The molecule has 0 aliphatic carbocycles. The normalized spacial score (nSPS) is 15.4. The molecule has 0 radical (unpaired) electrons. The molecule has 1 aromatic heterocycles. The van der Waals surface area contributed by atoms with E-state index in [0.29, 0.717) is 33.7 Å². The minimum atomic E-state index is -0.731. The van der Waals surface area contributed by atoms with Gasteiger partial charge in [-0.1, -0.05) is 12.1 Å². The molecule has 3 aromatic rings. The highest BCUT2D eigenvalue weighted by Crippen LogP contribution is 2.40. The Morgan fingerprint density at radius 1 is 1.00 bits per heavy atom. The minimum absolute atomic E-state index is 0.0671. The number of nitrogens with one attached hydrogen (secondary N) is 1. The van der Waals surface area contributed by atoms with Crippen LogP contribution in [0.4, 0.5) is 0 Å². The maximum absolute atomic E-state index is 13.0. The van der Waals surface area contributed by atoms with Crippen molar-refractivity contribution in [2.75, 3.05) is 21.3 Å². The fourth-order valence-electron chi connectivity index (χ4n) is 3.29. The summed E-state index contributed by atoms with van der Waals surface area (Å²) >= 11 is 0. The van der Waals surface area contributed by atoms with Crippen LogP contribution in [-0.4, -0.2) is 36.8 Å². The fourth-order valence-corrected chi connectivity index (χ4v) is 3.29. The zero-order valence-electron chi connectivity index (χ0n) is 15.0. The molecule has 1 aliphatic rings. The quantitative estimate of drug-likeness (QED) is 0.755. The first-order valence-corrected chi connectivity index (χ1v) is 8.21. The summed E-state index contributed by atoms with van der Waals surface area (Å²) in [6.07, 6.45) is -0.731. The van der Waals surface area contributed by atoms with Gasteiger partial charge in [0.15, 0.2) is 11.5 Å². The molecule has 2 aromatic carbocycles. The molecule has 27 heavy (non-hydrogen) atoms. The summed E-state index contributed by atoms with van der Waals surface area (Å²) in [6.45, 7) is 0. The number of aromatic nitrogens is 2.